The standard InChI is InChI=1S/C12H12F2N2O3/c1-18-11(17)4-7-2-8(5-15)9(6-16)10(3-7)19-12(13)14/h2-3,12H,4-5,15H2,1H3. The molecule has 0 heterocycles. The number of rotatable bonds is 5. The average molecular weight is 270 g/mol. The summed E-state index contributed by atoms with van der Waals surface area (Å²) in [5, 5.41) is 8.94. The van der Waals surface area contributed by atoms with Gasteiger partial charge in [0.15, 0.2) is 0 Å². The number of hydrogen-bond donors (Lipinski definition) is 1. The molecule has 0 saturated heterocycles. The Hall–Kier alpha value is -2.20. The van der Waals surface area contributed by atoms with E-state index in [1.807, 2.05) is 0 Å². The Morgan fingerprint density at radius 2 is 2.21 bits per heavy atom. The minimum Gasteiger partial charge on any atom is -0.469 e. The smallest absolute Gasteiger partial charge is 0.387 e. The molecule has 1 aromatic carbocycles. The summed E-state index contributed by atoms with van der Waals surface area (Å²) in [6.45, 7) is -3.09. The average Bonchev–Trinajstić information content (AvgIpc) is 2.37. The van der Waals surface area contributed by atoms with E-state index in [1.165, 1.54) is 19.2 Å². The van der Waals surface area contributed by atoms with Crippen LogP contribution in [0.3, 0.4) is 0 Å². The summed E-state index contributed by atoms with van der Waals surface area (Å²) in [7, 11) is 1.21. The van der Waals surface area contributed by atoms with E-state index in [2.05, 4.69) is 9.47 Å². The first-order chi connectivity index (χ1) is 9.01. The monoisotopic (exact) mass is 270 g/mol. The molecule has 19 heavy (non-hydrogen) atoms. The topological polar surface area (TPSA) is 85.3 Å². The van der Waals surface area contributed by atoms with E-state index in [9.17, 15) is 13.6 Å². The van der Waals surface area contributed by atoms with Crippen molar-refractivity contribution in [2.75, 3.05) is 7.11 Å². The molecule has 0 spiro atoms. The van der Waals surface area contributed by atoms with Crippen LogP contribution in [-0.2, 0) is 22.5 Å². The van der Waals surface area contributed by atoms with Crippen LogP contribution < -0.4 is 10.5 Å². The van der Waals surface area contributed by atoms with Gasteiger partial charge < -0.3 is 15.2 Å². The molecule has 0 aliphatic rings. The Bertz CT molecular complexity index is 512. The molecule has 0 fully saturated rings. The summed E-state index contributed by atoms with van der Waals surface area (Å²) < 4.78 is 33.3. The number of alkyl halides is 2. The molecular formula is C12H12F2N2O3. The van der Waals surface area contributed by atoms with Gasteiger partial charge in [0.25, 0.3) is 0 Å². The first-order valence-electron chi connectivity index (χ1n) is 5.29. The number of nitrogens with two attached hydrogens (primary N) is 1. The largest absolute Gasteiger partial charge is 0.469 e. The van der Waals surface area contributed by atoms with Gasteiger partial charge in [-0.1, -0.05) is 6.07 Å². The molecule has 1 aromatic rings. The molecule has 0 unspecified atom stereocenters. The van der Waals surface area contributed by atoms with Gasteiger partial charge in [0, 0.05) is 6.54 Å². The molecule has 1 rings (SSSR count). The number of benzene rings is 1. The van der Waals surface area contributed by atoms with E-state index in [4.69, 9.17) is 11.0 Å². The molecule has 0 aliphatic heterocycles. The predicted octanol–water partition coefficient (Wildman–Crippen LogP) is 1.33. The minimum atomic E-state index is -3.06. The van der Waals surface area contributed by atoms with Gasteiger partial charge in [-0.25, -0.2) is 0 Å². The van der Waals surface area contributed by atoms with Crippen molar-refractivity contribution in [1.82, 2.24) is 0 Å². The second-order valence-corrected chi connectivity index (χ2v) is 3.58. The maximum Gasteiger partial charge on any atom is 0.387 e. The zero-order valence-electron chi connectivity index (χ0n) is 10.2. The summed E-state index contributed by atoms with van der Waals surface area (Å²) in [5.41, 5.74) is 6.11. The molecule has 0 amide bonds. The van der Waals surface area contributed by atoms with E-state index in [1.54, 1.807) is 6.07 Å². The second kappa shape index (κ2) is 6.66. The third-order valence-corrected chi connectivity index (χ3v) is 2.37. The van der Waals surface area contributed by atoms with Crippen LogP contribution >= 0.6 is 0 Å². The van der Waals surface area contributed by atoms with Crippen LogP contribution in [0.5, 0.6) is 5.75 Å². The summed E-state index contributed by atoms with van der Waals surface area (Å²) in [4.78, 5) is 11.2. The number of carbonyl (C=O) groups excluding carboxylic acids is 1. The number of methoxy groups -OCH3 is 1. The summed E-state index contributed by atoms with van der Waals surface area (Å²) >= 11 is 0. The van der Waals surface area contributed by atoms with Gasteiger partial charge in [0.05, 0.1) is 19.1 Å². The van der Waals surface area contributed by atoms with E-state index >= 15 is 0 Å². The molecule has 0 aromatic heterocycles. The van der Waals surface area contributed by atoms with Gasteiger partial charge in [-0.15, -0.1) is 0 Å². The summed E-state index contributed by atoms with van der Waals surface area (Å²) in [6, 6.07) is 4.46. The van der Waals surface area contributed by atoms with E-state index in [-0.39, 0.29) is 24.3 Å². The van der Waals surface area contributed by atoms with Crippen molar-refractivity contribution in [2.45, 2.75) is 19.6 Å². The highest BCUT2D eigenvalue weighted by Crippen LogP contribution is 2.26. The second-order valence-electron chi connectivity index (χ2n) is 3.58. The van der Waals surface area contributed by atoms with Gasteiger partial charge >= 0.3 is 12.6 Å². The fourth-order valence-electron chi connectivity index (χ4n) is 1.55. The number of nitrogens with zero attached hydrogens (tertiary/aromatic N) is 1. The highest BCUT2D eigenvalue weighted by atomic mass is 19.3. The fourth-order valence-corrected chi connectivity index (χ4v) is 1.55. The lowest BCUT2D eigenvalue weighted by atomic mass is 10.0. The van der Waals surface area contributed by atoms with Crippen molar-refractivity contribution >= 4 is 5.97 Å². The van der Waals surface area contributed by atoms with Crippen LogP contribution in [-0.4, -0.2) is 19.7 Å². The number of esters is 1. The molecule has 7 heteroatoms. The number of carbonyl (C=O) groups is 1. The SMILES string of the molecule is COC(=O)Cc1cc(CN)c(C#N)c(OC(F)F)c1. The Kier molecular flexibility index (Phi) is 5.21. The van der Waals surface area contributed by atoms with Gasteiger partial charge in [-0.2, -0.15) is 14.0 Å². The lowest BCUT2D eigenvalue weighted by molar-refractivity contribution is -0.139. The molecule has 0 atom stereocenters. The molecule has 0 aliphatic carbocycles. The molecule has 0 bridgehead atoms. The first kappa shape index (κ1) is 14.9. The van der Waals surface area contributed by atoms with E-state index < -0.39 is 12.6 Å². The zero-order chi connectivity index (χ0) is 14.4. The third-order valence-electron chi connectivity index (χ3n) is 2.37. The highest BCUT2D eigenvalue weighted by Gasteiger charge is 2.16. The zero-order valence-corrected chi connectivity index (χ0v) is 10.2. The van der Waals surface area contributed by atoms with Crippen LogP contribution in [0.15, 0.2) is 12.1 Å². The molecule has 2 N–H and O–H groups in total. The lowest BCUT2D eigenvalue weighted by Gasteiger charge is -2.12. The van der Waals surface area contributed by atoms with Gasteiger partial charge in [-0.05, 0) is 17.2 Å². The Morgan fingerprint density at radius 3 is 2.68 bits per heavy atom. The van der Waals surface area contributed by atoms with Crippen LogP contribution in [0, 0.1) is 11.3 Å². The van der Waals surface area contributed by atoms with E-state index in [0.717, 1.165) is 0 Å². The molecule has 5 nitrogen and oxygen atoms in total. The molecular weight excluding hydrogens is 258 g/mol. The van der Waals surface area contributed by atoms with Crippen molar-refractivity contribution in [3.8, 4) is 11.8 Å². The van der Waals surface area contributed by atoms with Crippen molar-refractivity contribution in [3.63, 3.8) is 0 Å². The Morgan fingerprint density at radius 1 is 1.53 bits per heavy atom. The normalized spacial score (nSPS) is 10.1. The predicted molar refractivity (Wildman–Crippen MR) is 61.4 cm³/mol. The maximum atomic E-state index is 12.3. The number of nitriles is 1. The minimum absolute atomic E-state index is 0.0303. The summed E-state index contributed by atoms with van der Waals surface area (Å²) in [5.74, 6) is -0.824. The van der Waals surface area contributed by atoms with Crippen LogP contribution in [0.4, 0.5) is 8.78 Å². The first-order valence-corrected chi connectivity index (χ1v) is 5.29. The van der Waals surface area contributed by atoms with E-state index in [0.29, 0.717) is 11.1 Å². The van der Waals surface area contributed by atoms with Crippen LogP contribution in [0.25, 0.3) is 0 Å². The Balaban J connectivity index is 3.22. The molecule has 102 valence electrons. The third kappa shape index (κ3) is 3.89. The molecule has 0 radical (unpaired) electrons. The number of halogens is 2. The fraction of sp³-hybridized carbons (Fsp3) is 0.333. The number of ether oxygens (including phenoxy) is 2. The number of hydrogen-bond acceptors (Lipinski definition) is 5. The van der Waals surface area contributed by atoms with Crippen molar-refractivity contribution in [1.29, 1.82) is 5.26 Å². The van der Waals surface area contributed by atoms with Crippen molar-refractivity contribution < 1.29 is 23.0 Å². The van der Waals surface area contributed by atoms with Crippen LogP contribution in [0.2, 0.25) is 0 Å². The van der Waals surface area contributed by atoms with Gasteiger partial charge in [0.2, 0.25) is 0 Å². The summed E-state index contributed by atoms with van der Waals surface area (Å²) in [6.07, 6.45) is -0.116. The van der Waals surface area contributed by atoms with Crippen LogP contribution in [0.1, 0.15) is 16.7 Å². The van der Waals surface area contributed by atoms with Gasteiger partial charge in [0.1, 0.15) is 11.8 Å². The highest BCUT2D eigenvalue weighted by molar-refractivity contribution is 5.73. The van der Waals surface area contributed by atoms with Crippen molar-refractivity contribution in [2.24, 2.45) is 5.73 Å². The van der Waals surface area contributed by atoms with Crippen molar-refractivity contribution in [3.05, 3.63) is 28.8 Å². The lowest BCUT2D eigenvalue weighted by Crippen LogP contribution is -2.10. The molecule has 0 saturated carbocycles. The maximum absolute atomic E-state index is 12.3. The van der Waals surface area contributed by atoms with Gasteiger partial charge in [-0.3, -0.25) is 4.79 Å². The Labute approximate surface area is 108 Å². The quantitative estimate of drug-likeness (QED) is 0.816.